The highest BCUT2D eigenvalue weighted by molar-refractivity contribution is 5.89. The number of carbonyl (C=O) groups is 1. The van der Waals surface area contributed by atoms with Gasteiger partial charge in [-0.05, 0) is 18.1 Å². The van der Waals surface area contributed by atoms with Crippen molar-refractivity contribution in [3.63, 3.8) is 0 Å². The number of benzene rings is 1. The molecule has 20 heavy (non-hydrogen) atoms. The lowest BCUT2D eigenvalue weighted by Gasteiger charge is -2.16. The second-order valence-corrected chi connectivity index (χ2v) is 5.05. The van der Waals surface area contributed by atoms with Gasteiger partial charge in [0.25, 0.3) is 0 Å². The maximum absolute atomic E-state index is 11.8. The molecule has 1 saturated heterocycles. The van der Waals surface area contributed by atoms with Gasteiger partial charge < -0.3 is 9.15 Å². The van der Waals surface area contributed by atoms with Crippen LogP contribution in [0.5, 0.6) is 0 Å². The molecule has 0 N–H and O–H groups in total. The van der Waals surface area contributed by atoms with Crippen molar-refractivity contribution in [3.8, 4) is 0 Å². The Hall–Kier alpha value is -2.07. The van der Waals surface area contributed by atoms with Crippen LogP contribution in [-0.2, 0) is 11.3 Å². The number of likely N-dealkylation sites (tertiary alicyclic amines) is 1. The number of hydrogen-bond donors (Lipinski definition) is 0. The number of hydrogen-bond acceptors (Lipinski definition) is 4. The third-order valence-corrected chi connectivity index (χ3v) is 3.51. The molecular formula is C16H17NO3. The molecule has 0 bridgehead atoms. The van der Waals surface area contributed by atoms with Crippen LogP contribution in [0.1, 0.15) is 22.3 Å². The van der Waals surface area contributed by atoms with E-state index in [1.54, 1.807) is 6.07 Å². The molecule has 4 heteroatoms. The molecule has 1 atom stereocenters. The van der Waals surface area contributed by atoms with Crippen molar-refractivity contribution in [2.75, 3.05) is 13.1 Å². The van der Waals surface area contributed by atoms with Crippen molar-refractivity contribution in [1.82, 2.24) is 4.90 Å². The SMILES string of the molecule is O=C(O[C@@H]1CCN(Cc2ccccc2)C1)c1ccoc1. The largest absolute Gasteiger partial charge is 0.472 e. The van der Waals surface area contributed by atoms with Crippen molar-refractivity contribution in [2.45, 2.75) is 19.1 Å². The summed E-state index contributed by atoms with van der Waals surface area (Å²) in [7, 11) is 0. The Morgan fingerprint density at radius 1 is 1.30 bits per heavy atom. The molecule has 0 unspecified atom stereocenters. The second kappa shape index (κ2) is 5.92. The predicted octanol–water partition coefficient (Wildman–Crippen LogP) is 2.71. The summed E-state index contributed by atoms with van der Waals surface area (Å²) in [5.41, 5.74) is 1.76. The summed E-state index contributed by atoms with van der Waals surface area (Å²) in [6.07, 6.45) is 3.75. The lowest BCUT2D eigenvalue weighted by Crippen LogP contribution is -2.24. The number of rotatable bonds is 4. The minimum absolute atomic E-state index is 0.0267. The van der Waals surface area contributed by atoms with Crippen molar-refractivity contribution in [3.05, 3.63) is 60.1 Å². The number of nitrogens with zero attached hydrogens (tertiary/aromatic N) is 1. The Kier molecular flexibility index (Phi) is 3.83. The molecule has 104 valence electrons. The number of esters is 1. The zero-order chi connectivity index (χ0) is 13.8. The van der Waals surface area contributed by atoms with Gasteiger partial charge in [-0.3, -0.25) is 4.90 Å². The van der Waals surface area contributed by atoms with Crippen LogP contribution in [0.2, 0.25) is 0 Å². The van der Waals surface area contributed by atoms with E-state index in [-0.39, 0.29) is 12.1 Å². The zero-order valence-electron chi connectivity index (χ0n) is 11.2. The quantitative estimate of drug-likeness (QED) is 0.802. The predicted molar refractivity (Wildman–Crippen MR) is 74.2 cm³/mol. The van der Waals surface area contributed by atoms with E-state index in [1.165, 1.54) is 18.1 Å². The fraction of sp³-hybridized carbons (Fsp3) is 0.312. The van der Waals surface area contributed by atoms with E-state index in [9.17, 15) is 4.79 Å². The van der Waals surface area contributed by atoms with E-state index >= 15 is 0 Å². The molecule has 1 aromatic carbocycles. The second-order valence-electron chi connectivity index (χ2n) is 5.05. The molecule has 2 aromatic rings. The molecule has 2 heterocycles. The van der Waals surface area contributed by atoms with Gasteiger partial charge in [0.2, 0.25) is 0 Å². The molecule has 0 saturated carbocycles. The Morgan fingerprint density at radius 2 is 2.15 bits per heavy atom. The topological polar surface area (TPSA) is 42.7 Å². The van der Waals surface area contributed by atoms with Gasteiger partial charge in [0.15, 0.2) is 0 Å². The minimum Gasteiger partial charge on any atom is -0.472 e. The minimum atomic E-state index is -0.301. The zero-order valence-corrected chi connectivity index (χ0v) is 11.2. The molecule has 0 spiro atoms. The molecule has 1 aliphatic heterocycles. The summed E-state index contributed by atoms with van der Waals surface area (Å²) >= 11 is 0. The number of ether oxygens (including phenoxy) is 1. The van der Waals surface area contributed by atoms with Crippen molar-refractivity contribution >= 4 is 5.97 Å². The highest BCUT2D eigenvalue weighted by atomic mass is 16.5. The van der Waals surface area contributed by atoms with Gasteiger partial charge in [-0.15, -0.1) is 0 Å². The van der Waals surface area contributed by atoms with Crippen molar-refractivity contribution < 1.29 is 13.9 Å². The molecule has 4 nitrogen and oxygen atoms in total. The highest BCUT2D eigenvalue weighted by Gasteiger charge is 2.26. The maximum Gasteiger partial charge on any atom is 0.341 e. The van der Waals surface area contributed by atoms with E-state index in [1.807, 2.05) is 18.2 Å². The van der Waals surface area contributed by atoms with Gasteiger partial charge in [-0.2, -0.15) is 0 Å². The molecular weight excluding hydrogens is 254 g/mol. The highest BCUT2D eigenvalue weighted by Crippen LogP contribution is 2.17. The van der Waals surface area contributed by atoms with Gasteiger partial charge >= 0.3 is 5.97 Å². The molecule has 0 aliphatic carbocycles. The first-order chi connectivity index (χ1) is 9.81. The van der Waals surface area contributed by atoms with Crippen LogP contribution in [0.25, 0.3) is 0 Å². The third kappa shape index (κ3) is 3.08. The van der Waals surface area contributed by atoms with Gasteiger partial charge in [0.1, 0.15) is 12.4 Å². The number of carbonyl (C=O) groups excluding carboxylic acids is 1. The van der Waals surface area contributed by atoms with Crippen LogP contribution in [0.4, 0.5) is 0 Å². The van der Waals surface area contributed by atoms with Crippen LogP contribution in [-0.4, -0.2) is 30.1 Å². The van der Waals surface area contributed by atoms with Crippen LogP contribution >= 0.6 is 0 Å². The Bertz CT molecular complexity index is 550. The maximum atomic E-state index is 11.8. The first kappa shape index (κ1) is 12.9. The van der Waals surface area contributed by atoms with Crippen molar-refractivity contribution in [1.29, 1.82) is 0 Å². The van der Waals surface area contributed by atoms with Crippen LogP contribution in [0.3, 0.4) is 0 Å². The lowest BCUT2D eigenvalue weighted by atomic mass is 10.2. The smallest absolute Gasteiger partial charge is 0.341 e. The van der Waals surface area contributed by atoms with Crippen LogP contribution < -0.4 is 0 Å². The average molecular weight is 271 g/mol. The Morgan fingerprint density at radius 3 is 2.90 bits per heavy atom. The van der Waals surface area contributed by atoms with Gasteiger partial charge in [0.05, 0.1) is 11.8 Å². The fourth-order valence-electron chi connectivity index (χ4n) is 2.48. The van der Waals surface area contributed by atoms with E-state index < -0.39 is 0 Å². The van der Waals surface area contributed by atoms with Gasteiger partial charge in [-0.1, -0.05) is 30.3 Å². The molecule has 0 amide bonds. The summed E-state index contributed by atoms with van der Waals surface area (Å²) in [6, 6.07) is 12.0. The Balaban J connectivity index is 1.51. The normalized spacial score (nSPS) is 19.1. The Labute approximate surface area is 118 Å². The summed E-state index contributed by atoms with van der Waals surface area (Å²) < 4.78 is 10.4. The summed E-state index contributed by atoms with van der Waals surface area (Å²) in [4.78, 5) is 14.1. The van der Waals surface area contributed by atoms with Gasteiger partial charge in [0, 0.05) is 19.6 Å². The molecule has 3 rings (SSSR count). The van der Waals surface area contributed by atoms with E-state index in [2.05, 4.69) is 17.0 Å². The summed E-state index contributed by atoms with van der Waals surface area (Å²) in [5, 5.41) is 0. The van der Waals surface area contributed by atoms with Gasteiger partial charge in [-0.25, -0.2) is 4.79 Å². The third-order valence-electron chi connectivity index (χ3n) is 3.51. The lowest BCUT2D eigenvalue weighted by molar-refractivity contribution is 0.0320. The van der Waals surface area contributed by atoms with E-state index in [0.29, 0.717) is 5.56 Å². The first-order valence-electron chi connectivity index (χ1n) is 6.81. The van der Waals surface area contributed by atoms with E-state index in [0.717, 1.165) is 26.1 Å². The molecule has 1 aliphatic rings. The summed E-state index contributed by atoms with van der Waals surface area (Å²) in [5.74, 6) is -0.301. The monoisotopic (exact) mass is 271 g/mol. The fourth-order valence-corrected chi connectivity index (χ4v) is 2.48. The summed E-state index contributed by atoms with van der Waals surface area (Å²) in [6.45, 7) is 2.65. The van der Waals surface area contributed by atoms with Crippen molar-refractivity contribution in [2.24, 2.45) is 0 Å². The van der Waals surface area contributed by atoms with Crippen LogP contribution in [0, 0.1) is 0 Å². The molecule has 1 fully saturated rings. The standard InChI is InChI=1S/C16H17NO3/c18-16(14-7-9-19-12-14)20-15-6-8-17(11-15)10-13-4-2-1-3-5-13/h1-5,7,9,12,15H,6,8,10-11H2/t15-/m1/s1. The van der Waals surface area contributed by atoms with Crippen LogP contribution in [0.15, 0.2) is 53.3 Å². The van der Waals surface area contributed by atoms with E-state index in [4.69, 9.17) is 9.15 Å². The first-order valence-corrected chi connectivity index (χ1v) is 6.81. The molecule has 1 aromatic heterocycles. The number of furan rings is 1. The average Bonchev–Trinajstić information content (AvgIpc) is 3.11. The molecule has 0 radical (unpaired) electrons.